The SMILES string of the molecule is Cc1cc(COc2ccc(C(=O)N[C@@H]3CN(CCO)CC[C@@H]3C(=O)NO)cc2)c2ccccc2n1. The second-order valence-electron chi connectivity index (χ2n) is 8.73. The Labute approximate surface area is 203 Å². The number of fused-ring (bicyclic) bond motifs is 1. The summed E-state index contributed by atoms with van der Waals surface area (Å²) in [6, 6.07) is 16.3. The van der Waals surface area contributed by atoms with Crippen LogP contribution in [0.1, 0.15) is 28.0 Å². The summed E-state index contributed by atoms with van der Waals surface area (Å²) in [4.78, 5) is 31.5. The molecular weight excluding hydrogens is 448 g/mol. The van der Waals surface area contributed by atoms with Crippen LogP contribution in [-0.2, 0) is 11.4 Å². The third-order valence-electron chi connectivity index (χ3n) is 6.32. The molecule has 0 saturated carbocycles. The highest BCUT2D eigenvalue weighted by Crippen LogP contribution is 2.22. The summed E-state index contributed by atoms with van der Waals surface area (Å²) in [5.41, 5.74) is 5.01. The minimum Gasteiger partial charge on any atom is -0.489 e. The Morgan fingerprint density at radius 1 is 1.17 bits per heavy atom. The molecule has 9 nitrogen and oxygen atoms in total. The second kappa shape index (κ2) is 11.3. The number of aromatic nitrogens is 1. The van der Waals surface area contributed by atoms with Gasteiger partial charge in [0.2, 0.25) is 5.91 Å². The Bertz CT molecular complexity index is 1180. The number of carbonyl (C=O) groups is 2. The molecule has 1 aromatic heterocycles. The quantitative estimate of drug-likeness (QED) is 0.289. The zero-order valence-corrected chi connectivity index (χ0v) is 19.6. The number of hydrogen-bond acceptors (Lipinski definition) is 7. The lowest BCUT2D eigenvalue weighted by Crippen LogP contribution is -2.56. The van der Waals surface area contributed by atoms with Crippen LogP contribution >= 0.6 is 0 Å². The van der Waals surface area contributed by atoms with E-state index in [1.807, 2.05) is 42.2 Å². The van der Waals surface area contributed by atoms with Gasteiger partial charge in [-0.3, -0.25) is 24.7 Å². The standard InChI is InChI=1S/C26H30N4O5/c1-17-14-19(21-4-2-3-5-23(21)27-17)16-35-20-8-6-18(7-9-20)25(32)28-24-15-30(12-13-31)11-10-22(24)26(33)29-34/h2-9,14,22,24,31,34H,10-13,15-16H2,1H3,(H,28,32)(H,29,33)/t22-,24+/m0/s1. The van der Waals surface area contributed by atoms with Gasteiger partial charge < -0.3 is 15.2 Å². The summed E-state index contributed by atoms with van der Waals surface area (Å²) in [5.74, 6) is -0.773. The van der Waals surface area contributed by atoms with Crippen LogP contribution in [-0.4, -0.2) is 64.3 Å². The molecular formula is C26H30N4O5. The van der Waals surface area contributed by atoms with Crippen LogP contribution in [0.3, 0.4) is 0 Å². The van der Waals surface area contributed by atoms with Crippen LogP contribution in [0, 0.1) is 12.8 Å². The molecule has 1 aliphatic rings. The molecule has 1 aliphatic heterocycles. The predicted octanol–water partition coefficient (Wildman–Crippen LogP) is 2.04. The molecule has 0 bridgehead atoms. The van der Waals surface area contributed by atoms with E-state index in [4.69, 9.17) is 9.94 Å². The molecule has 2 aromatic carbocycles. The van der Waals surface area contributed by atoms with E-state index in [1.165, 1.54) is 0 Å². The Kier molecular flexibility index (Phi) is 7.91. The molecule has 9 heteroatoms. The van der Waals surface area contributed by atoms with Crippen molar-refractivity contribution in [2.45, 2.75) is 26.0 Å². The predicted molar refractivity (Wildman–Crippen MR) is 130 cm³/mol. The van der Waals surface area contributed by atoms with Crippen molar-refractivity contribution in [1.82, 2.24) is 20.7 Å². The van der Waals surface area contributed by atoms with Gasteiger partial charge in [-0.05, 0) is 56.3 Å². The number of aliphatic hydroxyl groups excluding tert-OH is 1. The first-order valence-electron chi connectivity index (χ1n) is 11.6. The number of piperidine rings is 1. The van der Waals surface area contributed by atoms with E-state index >= 15 is 0 Å². The summed E-state index contributed by atoms with van der Waals surface area (Å²) in [6.45, 7) is 3.78. The third-order valence-corrected chi connectivity index (χ3v) is 6.32. The topological polar surface area (TPSA) is 124 Å². The number of likely N-dealkylation sites (tertiary alicyclic amines) is 1. The fourth-order valence-electron chi connectivity index (χ4n) is 4.54. The highest BCUT2D eigenvalue weighted by Gasteiger charge is 2.35. The average Bonchev–Trinajstić information content (AvgIpc) is 2.87. The van der Waals surface area contributed by atoms with Crippen molar-refractivity contribution in [3.63, 3.8) is 0 Å². The van der Waals surface area contributed by atoms with E-state index < -0.39 is 17.9 Å². The molecule has 4 rings (SSSR count). The number of para-hydroxylation sites is 1. The molecule has 0 spiro atoms. The molecule has 0 radical (unpaired) electrons. The molecule has 1 saturated heterocycles. The van der Waals surface area contributed by atoms with Crippen LogP contribution in [0.2, 0.25) is 0 Å². The van der Waals surface area contributed by atoms with Crippen molar-refractivity contribution in [3.8, 4) is 5.75 Å². The van der Waals surface area contributed by atoms with Crippen LogP contribution in [0.4, 0.5) is 0 Å². The molecule has 184 valence electrons. The largest absolute Gasteiger partial charge is 0.489 e. The van der Waals surface area contributed by atoms with Gasteiger partial charge in [0, 0.05) is 35.3 Å². The summed E-state index contributed by atoms with van der Waals surface area (Å²) in [6.07, 6.45) is 0.466. The minimum atomic E-state index is -0.555. The van der Waals surface area contributed by atoms with Gasteiger partial charge in [-0.1, -0.05) is 18.2 Å². The van der Waals surface area contributed by atoms with Crippen LogP contribution < -0.4 is 15.5 Å². The summed E-state index contributed by atoms with van der Waals surface area (Å²) in [5, 5.41) is 22.3. The van der Waals surface area contributed by atoms with Crippen molar-refractivity contribution in [2.75, 3.05) is 26.2 Å². The lowest BCUT2D eigenvalue weighted by Gasteiger charge is -2.37. The molecule has 2 heterocycles. The molecule has 0 aliphatic carbocycles. The Morgan fingerprint density at radius 3 is 2.69 bits per heavy atom. The van der Waals surface area contributed by atoms with Crippen LogP contribution in [0.5, 0.6) is 5.75 Å². The van der Waals surface area contributed by atoms with Gasteiger partial charge in [0.1, 0.15) is 12.4 Å². The number of aryl methyl sites for hydroxylation is 1. The maximum absolute atomic E-state index is 12.9. The van der Waals surface area contributed by atoms with E-state index in [9.17, 15) is 14.7 Å². The summed E-state index contributed by atoms with van der Waals surface area (Å²) in [7, 11) is 0. The highest BCUT2D eigenvalue weighted by atomic mass is 16.5. The summed E-state index contributed by atoms with van der Waals surface area (Å²) < 4.78 is 5.97. The Morgan fingerprint density at radius 2 is 1.94 bits per heavy atom. The number of aliphatic hydroxyl groups is 1. The molecule has 0 unspecified atom stereocenters. The fourth-order valence-corrected chi connectivity index (χ4v) is 4.54. The average molecular weight is 479 g/mol. The van der Waals surface area contributed by atoms with Crippen molar-refractivity contribution < 1.29 is 24.6 Å². The van der Waals surface area contributed by atoms with E-state index in [0.717, 1.165) is 22.2 Å². The van der Waals surface area contributed by atoms with Gasteiger partial charge >= 0.3 is 0 Å². The normalized spacial score (nSPS) is 18.3. The molecule has 1 fully saturated rings. The highest BCUT2D eigenvalue weighted by molar-refractivity contribution is 5.95. The maximum Gasteiger partial charge on any atom is 0.251 e. The second-order valence-corrected chi connectivity index (χ2v) is 8.73. The number of nitrogens with one attached hydrogen (secondary N) is 2. The van der Waals surface area contributed by atoms with Crippen molar-refractivity contribution in [2.24, 2.45) is 5.92 Å². The van der Waals surface area contributed by atoms with Crippen molar-refractivity contribution in [1.29, 1.82) is 0 Å². The van der Waals surface area contributed by atoms with Gasteiger partial charge in [-0.2, -0.15) is 0 Å². The Hall–Kier alpha value is -3.53. The fraction of sp³-hybridized carbons (Fsp3) is 0.346. The zero-order valence-electron chi connectivity index (χ0n) is 19.6. The zero-order chi connectivity index (χ0) is 24.8. The number of amides is 2. The van der Waals surface area contributed by atoms with Gasteiger partial charge in [-0.25, -0.2) is 5.48 Å². The van der Waals surface area contributed by atoms with Gasteiger partial charge in [0.05, 0.1) is 24.1 Å². The number of β-amino-alcohol motifs (C(OH)–C–C–N with tert-alkyl or cyclic N) is 1. The molecule has 35 heavy (non-hydrogen) atoms. The van der Waals surface area contributed by atoms with Gasteiger partial charge in [0.15, 0.2) is 0 Å². The summed E-state index contributed by atoms with van der Waals surface area (Å²) >= 11 is 0. The van der Waals surface area contributed by atoms with E-state index in [-0.39, 0.29) is 12.5 Å². The van der Waals surface area contributed by atoms with Crippen LogP contribution in [0.15, 0.2) is 54.6 Å². The van der Waals surface area contributed by atoms with Crippen molar-refractivity contribution in [3.05, 3.63) is 71.4 Å². The van der Waals surface area contributed by atoms with Gasteiger partial charge in [0.25, 0.3) is 5.91 Å². The number of benzene rings is 2. The number of hydrogen-bond donors (Lipinski definition) is 4. The van der Waals surface area contributed by atoms with Crippen molar-refractivity contribution >= 4 is 22.7 Å². The number of ether oxygens (including phenoxy) is 1. The monoisotopic (exact) mass is 478 g/mol. The first-order valence-corrected chi connectivity index (χ1v) is 11.6. The lowest BCUT2D eigenvalue weighted by atomic mass is 9.90. The molecule has 4 N–H and O–H groups in total. The van der Waals surface area contributed by atoms with Crippen LogP contribution in [0.25, 0.3) is 10.9 Å². The number of pyridine rings is 1. The number of hydroxylamine groups is 1. The molecule has 2 atom stereocenters. The van der Waals surface area contributed by atoms with Gasteiger partial charge in [-0.15, -0.1) is 0 Å². The number of carbonyl (C=O) groups excluding carboxylic acids is 2. The van der Waals surface area contributed by atoms with E-state index in [2.05, 4.69) is 10.3 Å². The van der Waals surface area contributed by atoms with E-state index in [1.54, 1.807) is 29.7 Å². The smallest absolute Gasteiger partial charge is 0.251 e. The maximum atomic E-state index is 12.9. The molecule has 3 aromatic rings. The Balaban J connectivity index is 1.41. The first kappa shape index (κ1) is 24.6. The number of nitrogens with zero attached hydrogens (tertiary/aromatic N) is 2. The third kappa shape index (κ3) is 5.94. The number of rotatable bonds is 8. The first-order chi connectivity index (χ1) is 17.0. The minimum absolute atomic E-state index is 0.00610. The van der Waals surface area contributed by atoms with E-state index in [0.29, 0.717) is 44.0 Å². The molecule has 2 amide bonds. The lowest BCUT2D eigenvalue weighted by molar-refractivity contribution is -0.135.